The lowest BCUT2D eigenvalue weighted by molar-refractivity contribution is -0.387. The lowest BCUT2D eigenvalue weighted by atomic mass is 9.79. The van der Waals surface area contributed by atoms with Crippen molar-refractivity contribution < 1.29 is 37.2 Å². The molecule has 1 unspecified atom stereocenters. The summed E-state index contributed by atoms with van der Waals surface area (Å²) in [7, 11) is 0.972. The van der Waals surface area contributed by atoms with Gasteiger partial charge in [0.15, 0.2) is 0 Å². The molecule has 1 N–H and O–H groups in total. The molecular formula is C20H19F3N2O6. The number of methoxy groups -OCH3 is 1. The second kappa shape index (κ2) is 8.78. The van der Waals surface area contributed by atoms with Crippen LogP contribution in [-0.2, 0) is 19.1 Å². The zero-order valence-electron chi connectivity index (χ0n) is 16.7. The molecule has 0 spiro atoms. The summed E-state index contributed by atoms with van der Waals surface area (Å²) in [4.78, 5) is 35.5. The topological polar surface area (TPSA) is 108 Å². The third kappa shape index (κ3) is 3.99. The zero-order valence-corrected chi connectivity index (χ0v) is 16.7. The molecule has 1 aromatic rings. The van der Waals surface area contributed by atoms with Crippen LogP contribution in [0.3, 0.4) is 0 Å². The van der Waals surface area contributed by atoms with Crippen molar-refractivity contribution in [3.8, 4) is 0 Å². The van der Waals surface area contributed by atoms with Crippen LogP contribution >= 0.6 is 0 Å². The summed E-state index contributed by atoms with van der Waals surface area (Å²) in [6.45, 7) is 0.0998. The molecule has 166 valence electrons. The van der Waals surface area contributed by atoms with Crippen LogP contribution in [-0.4, -0.2) is 36.8 Å². The van der Waals surface area contributed by atoms with Gasteiger partial charge in [-0.15, -0.1) is 0 Å². The first-order valence-electron chi connectivity index (χ1n) is 9.39. The lowest BCUT2D eigenvalue weighted by Gasteiger charge is -2.32. The van der Waals surface area contributed by atoms with E-state index in [9.17, 15) is 28.5 Å². The van der Waals surface area contributed by atoms with E-state index in [1.54, 1.807) is 0 Å². The molecule has 0 saturated heterocycles. The Morgan fingerprint density at radius 2 is 1.90 bits per heavy atom. The fraction of sp³-hybridized carbons (Fsp3) is 0.400. The van der Waals surface area contributed by atoms with Crippen LogP contribution in [0.1, 0.15) is 37.7 Å². The van der Waals surface area contributed by atoms with Crippen LogP contribution in [0.2, 0.25) is 0 Å². The van der Waals surface area contributed by atoms with E-state index in [4.69, 9.17) is 4.74 Å². The van der Waals surface area contributed by atoms with E-state index in [2.05, 4.69) is 10.1 Å². The minimum Gasteiger partial charge on any atom is -0.466 e. The van der Waals surface area contributed by atoms with Gasteiger partial charge in [0.1, 0.15) is 18.6 Å². The van der Waals surface area contributed by atoms with Crippen molar-refractivity contribution in [3.63, 3.8) is 0 Å². The first kappa shape index (κ1) is 22.3. The van der Waals surface area contributed by atoms with Gasteiger partial charge in [0.05, 0.1) is 34.8 Å². The van der Waals surface area contributed by atoms with Crippen molar-refractivity contribution in [3.05, 3.63) is 62.0 Å². The highest BCUT2D eigenvalue weighted by molar-refractivity contribution is 6.00. The van der Waals surface area contributed by atoms with Crippen molar-refractivity contribution in [2.45, 2.75) is 38.2 Å². The maximum absolute atomic E-state index is 15.1. The van der Waals surface area contributed by atoms with Gasteiger partial charge in [0, 0.05) is 17.3 Å². The van der Waals surface area contributed by atoms with Gasteiger partial charge in [-0.05, 0) is 32.3 Å². The Morgan fingerprint density at radius 1 is 1.23 bits per heavy atom. The molecule has 3 rings (SSSR count). The predicted octanol–water partition coefficient (Wildman–Crippen LogP) is 3.33. The number of nitrogens with one attached hydrogen (secondary N) is 1. The van der Waals surface area contributed by atoms with Gasteiger partial charge in [-0.3, -0.25) is 10.1 Å². The SMILES string of the molecule is COC(=O)C1=C(CF)NC(C)=C(C(=O)OC2CCC2)C1c1c(F)ccc([N+](=O)[O-])c1F. The Bertz CT molecular complexity index is 1020. The summed E-state index contributed by atoms with van der Waals surface area (Å²) in [6.07, 6.45) is 1.64. The number of hydrogen-bond acceptors (Lipinski definition) is 7. The Balaban J connectivity index is 2.27. The van der Waals surface area contributed by atoms with E-state index < -0.39 is 64.0 Å². The Labute approximate surface area is 174 Å². The van der Waals surface area contributed by atoms with Crippen molar-refractivity contribution in [1.29, 1.82) is 0 Å². The summed E-state index contributed by atoms with van der Waals surface area (Å²) < 4.78 is 53.7. The van der Waals surface area contributed by atoms with E-state index in [0.717, 1.165) is 13.5 Å². The number of nitro benzene ring substituents is 1. The van der Waals surface area contributed by atoms with Crippen LogP contribution in [0.15, 0.2) is 34.7 Å². The Morgan fingerprint density at radius 3 is 2.42 bits per heavy atom. The first-order valence-corrected chi connectivity index (χ1v) is 9.39. The molecule has 1 aliphatic heterocycles. The van der Waals surface area contributed by atoms with Crippen LogP contribution in [0.5, 0.6) is 0 Å². The number of carbonyl (C=O) groups is 2. The first-order chi connectivity index (χ1) is 14.7. The largest absolute Gasteiger partial charge is 0.466 e. The van der Waals surface area contributed by atoms with Gasteiger partial charge in [0.2, 0.25) is 5.82 Å². The summed E-state index contributed by atoms with van der Waals surface area (Å²) in [5.74, 6) is -6.78. The van der Waals surface area contributed by atoms with Gasteiger partial charge in [-0.2, -0.15) is 4.39 Å². The number of nitrogens with zero attached hydrogens (tertiary/aromatic N) is 1. The predicted molar refractivity (Wildman–Crippen MR) is 100 cm³/mol. The number of hydrogen-bond donors (Lipinski definition) is 1. The molecule has 8 nitrogen and oxygen atoms in total. The number of allylic oxidation sites excluding steroid dienone is 2. The van der Waals surface area contributed by atoms with Gasteiger partial charge >= 0.3 is 17.6 Å². The van der Waals surface area contributed by atoms with Gasteiger partial charge < -0.3 is 14.8 Å². The summed E-state index contributed by atoms with van der Waals surface area (Å²) in [5.41, 5.74) is -3.32. The Kier molecular flexibility index (Phi) is 6.32. The summed E-state index contributed by atoms with van der Waals surface area (Å²) in [5, 5.41) is 13.7. The molecule has 1 aliphatic carbocycles. The normalized spacial score (nSPS) is 18.9. The second-order valence-electron chi connectivity index (χ2n) is 7.12. The van der Waals surface area contributed by atoms with Crippen LogP contribution < -0.4 is 5.32 Å². The van der Waals surface area contributed by atoms with Gasteiger partial charge in [-0.1, -0.05) is 0 Å². The summed E-state index contributed by atoms with van der Waals surface area (Å²) in [6, 6.07) is 1.27. The van der Waals surface area contributed by atoms with E-state index in [-0.39, 0.29) is 17.0 Å². The molecular weight excluding hydrogens is 421 g/mol. The fourth-order valence-electron chi connectivity index (χ4n) is 3.58. The van der Waals surface area contributed by atoms with E-state index in [1.807, 2.05) is 0 Å². The van der Waals surface area contributed by atoms with Gasteiger partial charge in [0.25, 0.3) is 0 Å². The molecule has 11 heteroatoms. The molecule has 1 atom stereocenters. The number of halogens is 3. The second-order valence-corrected chi connectivity index (χ2v) is 7.12. The standard InChI is InChI=1S/C20H19F3N2O6/c1-9-14(20(27)31-10-4-3-5-10)17(16(19(26)30-2)12(8-21)24-9)15-11(22)6-7-13(18(15)23)25(28)29/h6-7,10,17,24H,3-5,8H2,1-2H3. The number of alkyl halides is 1. The maximum atomic E-state index is 15.1. The molecule has 1 heterocycles. The highest BCUT2D eigenvalue weighted by Gasteiger charge is 2.43. The average molecular weight is 440 g/mol. The minimum atomic E-state index is -1.81. The number of esters is 2. The zero-order chi connectivity index (χ0) is 22.9. The minimum absolute atomic E-state index is 0.0000624. The highest BCUT2D eigenvalue weighted by atomic mass is 19.1. The number of ether oxygens (including phenoxy) is 2. The molecule has 1 saturated carbocycles. The van der Waals surface area contributed by atoms with E-state index in [1.165, 1.54) is 6.92 Å². The Hall–Kier alpha value is -3.37. The number of rotatable bonds is 6. The van der Waals surface area contributed by atoms with Crippen LogP contribution in [0.25, 0.3) is 0 Å². The van der Waals surface area contributed by atoms with E-state index >= 15 is 4.39 Å². The smallest absolute Gasteiger partial charge is 0.337 e. The van der Waals surface area contributed by atoms with Crippen molar-refractivity contribution in [2.24, 2.45) is 0 Å². The third-order valence-electron chi connectivity index (χ3n) is 5.32. The molecule has 31 heavy (non-hydrogen) atoms. The highest BCUT2D eigenvalue weighted by Crippen LogP contribution is 2.43. The number of nitro groups is 1. The molecule has 0 bridgehead atoms. The lowest BCUT2D eigenvalue weighted by Crippen LogP contribution is -2.36. The molecule has 1 aromatic carbocycles. The van der Waals surface area contributed by atoms with Crippen molar-refractivity contribution in [1.82, 2.24) is 5.32 Å². The monoisotopic (exact) mass is 440 g/mol. The third-order valence-corrected chi connectivity index (χ3v) is 5.32. The molecule has 2 aliphatic rings. The van der Waals surface area contributed by atoms with Crippen LogP contribution in [0, 0.1) is 21.7 Å². The maximum Gasteiger partial charge on any atom is 0.337 e. The summed E-state index contributed by atoms with van der Waals surface area (Å²) >= 11 is 0. The fourth-order valence-corrected chi connectivity index (χ4v) is 3.58. The number of carbonyl (C=O) groups excluding carboxylic acids is 2. The number of dihydropyridines is 1. The van der Waals surface area contributed by atoms with Gasteiger partial charge in [-0.25, -0.2) is 18.4 Å². The quantitative estimate of drug-likeness (QED) is 0.411. The molecule has 0 radical (unpaired) electrons. The van der Waals surface area contributed by atoms with Crippen molar-refractivity contribution >= 4 is 17.6 Å². The average Bonchev–Trinajstić information content (AvgIpc) is 2.69. The van der Waals surface area contributed by atoms with Crippen LogP contribution in [0.4, 0.5) is 18.9 Å². The molecule has 0 amide bonds. The van der Waals surface area contributed by atoms with E-state index in [0.29, 0.717) is 25.0 Å². The molecule has 0 aromatic heterocycles. The number of benzene rings is 1. The molecule has 1 fully saturated rings. The van der Waals surface area contributed by atoms with Crippen molar-refractivity contribution in [2.75, 3.05) is 13.8 Å².